The van der Waals surface area contributed by atoms with Gasteiger partial charge < -0.3 is 14.2 Å². The molecule has 0 aliphatic carbocycles. The summed E-state index contributed by atoms with van der Waals surface area (Å²) in [6.07, 6.45) is 2.61. The maximum absolute atomic E-state index is 11.1. The largest absolute Gasteiger partial charge is 0.466 e. The highest BCUT2D eigenvalue weighted by molar-refractivity contribution is 7.66. The lowest BCUT2D eigenvalue weighted by Gasteiger charge is -2.32. The van der Waals surface area contributed by atoms with Gasteiger partial charge in [0.15, 0.2) is 0 Å². The van der Waals surface area contributed by atoms with Crippen LogP contribution < -0.4 is 0 Å². The van der Waals surface area contributed by atoms with Gasteiger partial charge in [-0.3, -0.25) is 4.79 Å². The molecule has 0 spiro atoms. The molecule has 0 aromatic rings. The molecule has 0 saturated carbocycles. The van der Waals surface area contributed by atoms with Gasteiger partial charge in [-0.05, 0) is 19.8 Å². The molecule has 1 unspecified atom stereocenters. The van der Waals surface area contributed by atoms with E-state index in [2.05, 4.69) is 0 Å². The van der Waals surface area contributed by atoms with E-state index in [9.17, 15) is 9.69 Å². The van der Waals surface area contributed by atoms with Crippen molar-refractivity contribution < 1.29 is 18.9 Å². The standard InChI is InChI=1S/C8H16O4P/c1-2-11-8(9)7-13(10)6-4-3-5-12-13/h10H,2-7H2,1H3. The summed E-state index contributed by atoms with van der Waals surface area (Å²) in [6, 6.07) is 0. The Labute approximate surface area is 78.7 Å². The molecule has 0 aromatic carbocycles. The molecule has 13 heavy (non-hydrogen) atoms. The maximum Gasteiger partial charge on any atom is 0.314 e. The van der Waals surface area contributed by atoms with Crippen LogP contribution in [0.4, 0.5) is 0 Å². The third-order valence-electron chi connectivity index (χ3n) is 1.91. The van der Waals surface area contributed by atoms with E-state index in [-0.39, 0.29) is 12.1 Å². The number of carbonyl (C=O) groups is 1. The van der Waals surface area contributed by atoms with Crippen LogP contribution in [-0.4, -0.2) is 36.4 Å². The van der Waals surface area contributed by atoms with Gasteiger partial charge >= 0.3 is 5.97 Å². The minimum absolute atomic E-state index is 0.0564. The van der Waals surface area contributed by atoms with Crippen molar-refractivity contribution in [1.82, 2.24) is 0 Å². The zero-order valence-corrected chi connectivity index (χ0v) is 8.76. The Morgan fingerprint density at radius 2 is 2.38 bits per heavy atom. The Kier molecular flexibility index (Phi) is 4.10. The van der Waals surface area contributed by atoms with Gasteiger partial charge in [0.05, 0.1) is 13.2 Å². The highest BCUT2D eigenvalue weighted by Gasteiger charge is 2.31. The van der Waals surface area contributed by atoms with E-state index in [4.69, 9.17) is 9.26 Å². The van der Waals surface area contributed by atoms with Crippen LogP contribution in [0.25, 0.3) is 0 Å². The zero-order chi connectivity index (χ0) is 9.73. The number of hydrogen-bond donors (Lipinski definition) is 1. The summed E-state index contributed by atoms with van der Waals surface area (Å²) in [6.45, 7) is 2.69. The molecule has 0 amide bonds. The molecule has 4 nitrogen and oxygen atoms in total. The minimum atomic E-state index is -2.42. The molecule has 1 fully saturated rings. The summed E-state index contributed by atoms with van der Waals surface area (Å²) >= 11 is 0. The lowest BCUT2D eigenvalue weighted by Crippen LogP contribution is -2.20. The van der Waals surface area contributed by atoms with Gasteiger partial charge in [-0.15, -0.1) is 0 Å². The number of rotatable bonds is 3. The van der Waals surface area contributed by atoms with Gasteiger partial charge in [0.25, 0.3) is 0 Å². The highest BCUT2D eigenvalue weighted by Crippen LogP contribution is 2.58. The van der Waals surface area contributed by atoms with E-state index >= 15 is 0 Å². The number of esters is 1. The van der Waals surface area contributed by atoms with Gasteiger partial charge in [-0.1, -0.05) is 0 Å². The van der Waals surface area contributed by atoms with Gasteiger partial charge in [0.2, 0.25) is 0 Å². The summed E-state index contributed by atoms with van der Waals surface area (Å²) in [4.78, 5) is 20.9. The van der Waals surface area contributed by atoms with E-state index in [1.54, 1.807) is 6.92 Å². The monoisotopic (exact) mass is 207 g/mol. The number of hydrogen-bond acceptors (Lipinski definition) is 4. The third kappa shape index (κ3) is 3.59. The normalized spacial score (nSPS) is 28.5. The summed E-state index contributed by atoms with van der Waals surface area (Å²) in [5.74, 6) is -0.347. The van der Waals surface area contributed by atoms with Gasteiger partial charge in [0, 0.05) is 6.16 Å². The van der Waals surface area contributed by atoms with Crippen LogP contribution in [0, 0.1) is 0 Å². The smallest absolute Gasteiger partial charge is 0.314 e. The molecule has 0 bridgehead atoms. The van der Waals surface area contributed by atoms with Crippen molar-refractivity contribution in [3.05, 3.63) is 0 Å². The van der Waals surface area contributed by atoms with Crippen molar-refractivity contribution in [3.8, 4) is 0 Å². The van der Waals surface area contributed by atoms with Gasteiger partial charge in [-0.2, -0.15) is 0 Å². The first-order chi connectivity index (χ1) is 6.16. The second-order valence-corrected chi connectivity index (χ2v) is 5.79. The molecule has 1 aliphatic heterocycles. The Morgan fingerprint density at radius 1 is 1.62 bits per heavy atom. The van der Waals surface area contributed by atoms with Crippen LogP contribution in [0.3, 0.4) is 0 Å². The third-order valence-corrected chi connectivity index (χ3v) is 4.35. The predicted molar refractivity (Wildman–Crippen MR) is 50.7 cm³/mol. The quantitative estimate of drug-likeness (QED) is 0.558. The summed E-state index contributed by atoms with van der Waals surface area (Å²) < 4.78 is 10.0. The van der Waals surface area contributed by atoms with Crippen LogP contribution in [-0.2, 0) is 14.1 Å². The van der Waals surface area contributed by atoms with Crippen LogP contribution >= 0.6 is 7.72 Å². The van der Waals surface area contributed by atoms with Gasteiger partial charge in [-0.25, -0.2) is 0 Å². The Balaban J connectivity index is 2.36. The van der Waals surface area contributed by atoms with Crippen LogP contribution in [0.5, 0.6) is 0 Å². The first-order valence-electron chi connectivity index (χ1n) is 4.56. The van der Waals surface area contributed by atoms with E-state index < -0.39 is 7.72 Å². The molecule has 1 heterocycles. The first kappa shape index (κ1) is 10.9. The van der Waals surface area contributed by atoms with Crippen LogP contribution in [0.2, 0.25) is 0 Å². The first-order valence-corrected chi connectivity index (χ1v) is 6.59. The molecule has 1 radical (unpaired) electrons. The van der Waals surface area contributed by atoms with Crippen LogP contribution in [0.15, 0.2) is 0 Å². The lowest BCUT2D eigenvalue weighted by atomic mass is 10.4. The average Bonchev–Trinajstić information content (AvgIpc) is 2.04. The fourth-order valence-electron chi connectivity index (χ4n) is 1.29. The molecule has 77 valence electrons. The van der Waals surface area contributed by atoms with E-state index in [1.807, 2.05) is 0 Å². The summed E-state index contributed by atoms with van der Waals surface area (Å²) in [7, 11) is -2.42. The average molecular weight is 207 g/mol. The van der Waals surface area contributed by atoms with E-state index in [1.165, 1.54) is 0 Å². The molecule has 1 saturated heterocycles. The zero-order valence-electron chi connectivity index (χ0n) is 7.86. The SMILES string of the molecule is CCOC(=O)C[P]1(O)CCCCO1. The molecular weight excluding hydrogens is 191 g/mol. The topological polar surface area (TPSA) is 55.8 Å². The highest BCUT2D eigenvalue weighted by atomic mass is 31.2. The minimum Gasteiger partial charge on any atom is -0.466 e. The Morgan fingerprint density at radius 3 is 2.92 bits per heavy atom. The van der Waals surface area contributed by atoms with Crippen molar-refractivity contribution >= 4 is 13.7 Å². The summed E-state index contributed by atoms with van der Waals surface area (Å²) in [5.41, 5.74) is 0. The molecule has 0 aromatic heterocycles. The maximum atomic E-state index is 11.1. The second-order valence-electron chi connectivity index (χ2n) is 3.07. The van der Waals surface area contributed by atoms with Crippen molar-refractivity contribution in [1.29, 1.82) is 0 Å². The Hall–Kier alpha value is -0.180. The Bertz CT molecular complexity index is 177. The van der Waals surface area contributed by atoms with E-state index in [0.29, 0.717) is 19.4 Å². The number of carbonyl (C=O) groups excluding carboxylic acids is 1. The number of ether oxygens (including phenoxy) is 1. The van der Waals surface area contributed by atoms with Crippen molar-refractivity contribution in [2.75, 3.05) is 25.5 Å². The lowest BCUT2D eigenvalue weighted by molar-refractivity contribution is -0.140. The molecule has 1 rings (SSSR count). The molecule has 1 N–H and O–H groups in total. The van der Waals surface area contributed by atoms with E-state index in [0.717, 1.165) is 12.8 Å². The van der Waals surface area contributed by atoms with Crippen molar-refractivity contribution in [2.45, 2.75) is 19.8 Å². The fraction of sp³-hybridized carbons (Fsp3) is 0.875. The molecular formula is C8H16O4P. The van der Waals surface area contributed by atoms with Crippen LogP contribution in [0.1, 0.15) is 19.8 Å². The summed E-state index contributed by atoms with van der Waals surface area (Å²) in [5, 5.41) is 0. The van der Waals surface area contributed by atoms with Crippen molar-refractivity contribution in [3.63, 3.8) is 0 Å². The molecule has 5 heteroatoms. The predicted octanol–water partition coefficient (Wildman–Crippen LogP) is 1.20. The van der Waals surface area contributed by atoms with Crippen molar-refractivity contribution in [2.24, 2.45) is 0 Å². The fourth-order valence-corrected chi connectivity index (χ4v) is 3.35. The molecule has 1 atom stereocenters. The second kappa shape index (κ2) is 4.89. The molecule has 1 aliphatic rings. The van der Waals surface area contributed by atoms with Gasteiger partial charge in [0.1, 0.15) is 13.9 Å².